The van der Waals surface area contributed by atoms with Crippen LogP contribution in [0.1, 0.15) is 19.4 Å². The van der Waals surface area contributed by atoms with Gasteiger partial charge in [-0.3, -0.25) is 4.98 Å². The summed E-state index contributed by atoms with van der Waals surface area (Å²) in [5, 5.41) is 13.2. The maximum Gasteiger partial charge on any atom is 0.335 e. The highest BCUT2D eigenvalue weighted by Crippen LogP contribution is 2.42. The van der Waals surface area contributed by atoms with Gasteiger partial charge in [0.1, 0.15) is 5.75 Å². The largest absolute Gasteiger partial charge is 0.478 e. The summed E-state index contributed by atoms with van der Waals surface area (Å²) in [5.41, 5.74) is 4.53. The second-order valence-corrected chi connectivity index (χ2v) is 6.36. The lowest BCUT2D eigenvalue weighted by Crippen LogP contribution is -2.44. The smallest absolute Gasteiger partial charge is 0.335 e. The van der Waals surface area contributed by atoms with Crippen LogP contribution >= 0.6 is 0 Å². The van der Waals surface area contributed by atoms with Gasteiger partial charge in [0.2, 0.25) is 0 Å². The number of benzene rings is 1. The van der Waals surface area contributed by atoms with Crippen molar-refractivity contribution in [3.05, 3.63) is 71.3 Å². The number of hydrogen-bond donors (Lipinski definition) is 2. The quantitative estimate of drug-likeness (QED) is 0.887. The molecule has 0 saturated heterocycles. The van der Waals surface area contributed by atoms with Crippen molar-refractivity contribution in [2.75, 3.05) is 11.6 Å². The van der Waals surface area contributed by atoms with Crippen LogP contribution in [0.15, 0.2) is 65.8 Å². The Labute approximate surface area is 151 Å². The van der Waals surface area contributed by atoms with Gasteiger partial charge < -0.3 is 20.1 Å². The lowest BCUT2D eigenvalue weighted by Gasteiger charge is -2.36. The number of carboxylic acids is 1. The average Bonchev–Trinajstić information content (AvgIpc) is 3.05. The molecule has 1 aromatic carbocycles. The Bertz CT molecular complexity index is 934. The highest BCUT2D eigenvalue weighted by Gasteiger charge is 2.39. The molecule has 4 rings (SSSR count). The zero-order valence-corrected chi connectivity index (χ0v) is 14.6. The van der Waals surface area contributed by atoms with Crippen molar-refractivity contribution in [3.8, 4) is 5.75 Å². The number of allylic oxidation sites excluding steroid dienone is 2. The predicted octanol–water partition coefficient (Wildman–Crippen LogP) is 3.00. The van der Waals surface area contributed by atoms with Crippen LogP contribution in [0, 0.1) is 0 Å². The van der Waals surface area contributed by atoms with Crippen molar-refractivity contribution in [1.82, 2.24) is 10.3 Å². The number of rotatable bonds is 3. The fourth-order valence-electron chi connectivity index (χ4n) is 3.69. The molecule has 26 heavy (non-hydrogen) atoms. The summed E-state index contributed by atoms with van der Waals surface area (Å²) in [6.07, 6.45) is 3.47. The number of hydrogen-bond acceptors (Lipinski definition) is 5. The van der Waals surface area contributed by atoms with Crippen molar-refractivity contribution in [1.29, 1.82) is 0 Å². The molecule has 0 fully saturated rings. The first-order chi connectivity index (χ1) is 12.6. The zero-order valence-electron chi connectivity index (χ0n) is 14.6. The summed E-state index contributed by atoms with van der Waals surface area (Å²) < 4.78 is 5.80. The summed E-state index contributed by atoms with van der Waals surface area (Å²) in [7, 11) is 0. The maximum atomic E-state index is 12.1. The highest BCUT2D eigenvalue weighted by atomic mass is 16.5. The summed E-state index contributed by atoms with van der Waals surface area (Å²) >= 11 is 0. The van der Waals surface area contributed by atoms with Gasteiger partial charge in [0.15, 0.2) is 6.73 Å². The van der Waals surface area contributed by atoms with Crippen LogP contribution in [0.25, 0.3) is 5.57 Å². The maximum absolute atomic E-state index is 12.1. The fourth-order valence-corrected chi connectivity index (χ4v) is 3.69. The van der Waals surface area contributed by atoms with E-state index in [2.05, 4.69) is 10.3 Å². The van der Waals surface area contributed by atoms with Gasteiger partial charge in [-0.25, -0.2) is 4.79 Å². The summed E-state index contributed by atoms with van der Waals surface area (Å²) in [6.45, 7) is 4.05. The molecular weight excluding hydrogens is 330 g/mol. The molecule has 6 heteroatoms. The number of nitrogens with zero attached hydrogens (tertiary/aromatic N) is 2. The summed E-state index contributed by atoms with van der Waals surface area (Å²) in [5.74, 6) is -0.185. The van der Waals surface area contributed by atoms with Gasteiger partial charge in [-0.15, -0.1) is 0 Å². The zero-order chi connectivity index (χ0) is 18.3. The predicted molar refractivity (Wildman–Crippen MR) is 98.5 cm³/mol. The number of fused-ring (bicyclic) bond motifs is 1. The molecule has 1 atom stereocenters. The molecule has 1 aromatic heterocycles. The van der Waals surface area contributed by atoms with Crippen LogP contribution in [0.4, 0.5) is 5.69 Å². The van der Waals surface area contributed by atoms with E-state index in [1.165, 1.54) is 0 Å². The number of pyridine rings is 1. The van der Waals surface area contributed by atoms with E-state index in [4.69, 9.17) is 4.74 Å². The molecule has 0 bridgehead atoms. The van der Waals surface area contributed by atoms with Gasteiger partial charge in [0, 0.05) is 34.9 Å². The first-order valence-corrected chi connectivity index (χ1v) is 8.38. The van der Waals surface area contributed by atoms with E-state index in [0.29, 0.717) is 18.0 Å². The van der Waals surface area contributed by atoms with E-state index in [1.54, 1.807) is 19.3 Å². The molecule has 0 amide bonds. The van der Waals surface area contributed by atoms with Crippen LogP contribution < -0.4 is 15.0 Å². The van der Waals surface area contributed by atoms with Crippen molar-refractivity contribution >= 4 is 17.2 Å². The Kier molecular flexibility index (Phi) is 3.88. The first kappa shape index (κ1) is 16.2. The van der Waals surface area contributed by atoms with E-state index in [0.717, 1.165) is 28.3 Å². The average molecular weight is 349 g/mol. The topological polar surface area (TPSA) is 74.7 Å². The fraction of sp³-hybridized carbons (Fsp3) is 0.200. The van der Waals surface area contributed by atoms with Crippen molar-refractivity contribution in [3.63, 3.8) is 0 Å². The van der Waals surface area contributed by atoms with E-state index in [1.807, 2.05) is 48.2 Å². The van der Waals surface area contributed by atoms with Crippen LogP contribution in [0.5, 0.6) is 5.75 Å². The Morgan fingerprint density at radius 1 is 1.23 bits per heavy atom. The lowest BCUT2D eigenvalue weighted by molar-refractivity contribution is -0.132. The minimum atomic E-state index is -0.946. The molecule has 1 unspecified atom stereocenters. The molecule has 2 aromatic rings. The molecule has 2 N–H and O–H groups in total. The Morgan fingerprint density at radius 2 is 2.04 bits per heavy atom. The Balaban J connectivity index is 1.91. The number of para-hydroxylation sites is 2. The lowest BCUT2D eigenvalue weighted by atomic mass is 9.87. The summed E-state index contributed by atoms with van der Waals surface area (Å²) in [6, 6.07) is 11.0. The molecule has 6 nitrogen and oxygen atoms in total. The van der Waals surface area contributed by atoms with E-state index >= 15 is 0 Å². The Morgan fingerprint density at radius 3 is 2.77 bits per heavy atom. The third-order valence-corrected chi connectivity index (χ3v) is 4.78. The second kappa shape index (κ2) is 6.22. The van der Waals surface area contributed by atoms with Gasteiger partial charge in [-0.05, 0) is 32.0 Å². The molecule has 0 aliphatic carbocycles. The van der Waals surface area contributed by atoms with E-state index in [9.17, 15) is 9.90 Å². The van der Waals surface area contributed by atoms with Gasteiger partial charge >= 0.3 is 5.97 Å². The molecular formula is C20H19N3O3. The second-order valence-electron chi connectivity index (χ2n) is 6.36. The third-order valence-electron chi connectivity index (χ3n) is 4.78. The molecule has 0 spiro atoms. The number of carboxylic acid groups (broad SMARTS) is 1. The molecule has 0 saturated carbocycles. The summed E-state index contributed by atoms with van der Waals surface area (Å²) in [4.78, 5) is 18.3. The van der Waals surface area contributed by atoms with Crippen LogP contribution in [-0.2, 0) is 4.79 Å². The third kappa shape index (κ3) is 2.50. The highest BCUT2D eigenvalue weighted by molar-refractivity contribution is 5.97. The normalized spacial score (nSPS) is 19.2. The number of aliphatic carboxylic acids is 1. The molecule has 3 heterocycles. The number of ether oxygens (including phenoxy) is 1. The van der Waals surface area contributed by atoms with E-state index < -0.39 is 12.0 Å². The molecule has 132 valence electrons. The van der Waals surface area contributed by atoms with Crippen LogP contribution in [-0.4, -0.2) is 28.8 Å². The molecule has 0 radical (unpaired) electrons. The first-order valence-electron chi connectivity index (χ1n) is 8.38. The van der Waals surface area contributed by atoms with Gasteiger partial charge in [-0.2, -0.15) is 0 Å². The SMILES string of the molecule is CC1=C(C(=O)O)C(N2COc3ccccc32)C(c2cccnc2)=C(C)N1. The molecule has 2 aliphatic rings. The molecule has 2 aliphatic heterocycles. The van der Waals surface area contributed by atoms with Crippen LogP contribution in [0.3, 0.4) is 0 Å². The standard InChI is InChI=1S/C20H19N3O3/c1-12-17(14-6-5-9-21-10-14)19(18(20(24)25)13(2)22-12)23-11-26-16-8-4-3-7-15(16)23/h3-10,19,22H,11H2,1-2H3,(H,24,25). The number of aromatic nitrogens is 1. The number of dihydropyridines is 1. The van der Waals surface area contributed by atoms with Gasteiger partial charge in [-0.1, -0.05) is 18.2 Å². The van der Waals surface area contributed by atoms with Crippen molar-refractivity contribution < 1.29 is 14.6 Å². The minimum absolute atomic E-state index is 0.297. The Hall–Kier alpha value is -3.28. The van der Waals surface area contributed by atoms with Crippen molar-refractivity contribution in [2.45, 2.75) is 19.9 Å². The monoisotopic (exact) mass is 349 g/mol. The van der Waals surface area contributed by atoms with Gasteiger partial charge in [0.25, 0.3) is 0 Å². The van der Waals surface area contributed by atoms with Crippen molar-refractivity contribution in [2.24, 2.45) is 0 Å². The number of carbonyl (C=O) groups is 1. The van der Waals surface area contributed by atoms with Crippen LogP contribution in [0.2, 0.25) is 0 Å². The van der Waals surface area contributed by atoms with Gasteiger partial charge in [0.05, 0.1) is 17.3 Å². The number of anilines is 1. The minimum Gasteiger partial charge on any atom is -0.478 e. The van der Waals surface area contributed by atoms with E-state index in [-0.39, 0.29) is 0 Å². The number of nitrogens with one attached hydrogen (secondary N) is 1.